The predicted molar refractivity (Wildman–Crippen MR) is 43.4 cm³/mol. The summed E-state index contributed by atoms with van der Waals surface area (Å²) < 4.78 is 24.7. The van der Waals surface area contributed by atoms with E-state index in [1.54, 1.807) is 0 Å². The summed E-state index contributed by atoms with van der Waals surface area (Å²) in [6, 6.07) is 0. The summed E-state index contributed by atoms with van der Waals surface area (Å²) in [6.07, 6.45) is -2.35. The Hall–Kier alpha value is -1.79. The van der Waals surface area contributed by atoms with Crippen molar-refractivity contribution >= 4 is 5.69 Å². The number of H-pyrrole nitrogens is 1. The van der Waals surface area contributed by atoms with Crippen molar-refractivity contribution in [2.45, 2.75) is 13.3 Å². The third-order valence-electron chi connectivity index (χ3n) is 1.78. The van der Waals surface area contributed by atoms with Gasteiger partial charge in [0, 0.05) is 5.56 Å². The van der Waals surface area contributed by atoms with Gasteiger partial charge in [0.2, 0.25) is 0 Å². The molecule has 0 bridgehead atoms. The van der Waals surface area contributed by atoms with Crippen LogP contribution < -0.4 is 5.56 Å². The first-order chi connectivity index (χ1) is 6.45. The van der Waals surface area contributed by atoms with Crippen LogP contribution in [0.15, 0.2) is 11.0 Å². The lowest BCUT2D eigenvalue weighted by molar-refractivity contribution is -0.386. The number of nitro groups is 1. The average molecular weight is 204 g/mol. The Labute approximate surface area is 76.5 Å². The van der Waals surface area contributed by atoms with Gasteiger partial charge in [-0.2, -0.15) is 0 Å². The monoisotopic (exact) mass is 204 g/mol. The maximum absolute atomic E-state index is 12.4. The number of aromatic nitrogens is 1. The van der Waals surface area contributed by atoms with E-state index in [9.17, 15) is 23.7 Å². The molecule has 0 aliphatic rings. The second kappa shape index (κ2) is 3.52. The zero-order valence-electron chi connectivity index (χ0n) is 7.08. The average Bonchev–Trinajstić information content (AvgIpc) is 2.08. The molecule has 14 heavy (non-hydrogen) atoms. The second-order valence-corrected chi connectivity index (χ2v) is 2.60. The van der Waals surface area contributed by atoms with E-state index in [0.29, 0.717) is 6.20 Å². The van der Waals surface area contributed by atoms with Crippen LogP contribution in [0.5, 0.6) is 0 Å². The number of hydrogen-bond donors (Lipinski definition) is 1. The van der Waals surface area contributed by atoms with E-state index in [0.717, 1.165) is 6.92 Å². The first-order valence-corrected chi connectivity index (χ1v) is 3.60. The fourth-order valence-electron chi connectivity index (χ4n) is 1.06. The SMILES string of the molecule is Cc1c(C(F)F)c([N+](=O)[O-])c[nH]c1=O. The van der Waals surface area contributed by atoms with Crippen LogP contribution in [-0.4, -0.2) is 9.91 Å². The van der Waals surface area contributed by atoms with Crippen molar-refractivity contribution in [3.8, 4) is 0 Å². The molecular weight excluding hydrogens is 198 g/mol. The number of hydrogen-bond acceptors (Lipinski definition) is 3. The molecule has 0 atom stereocenters. The Kier molecular flexibility index (Phi) is 2.59. The molecule has 1 heterocycles. The largest absolute Gasteiger partial charge is 0.323 e. The number of rotatable bonds is 2. The van der Waals surface area contributed by atoms with E-state index >= 15 is 0 Å². The quantitative estimate of drug-likeness (QED) is 0.586. The van der Waals surface area contributed by atoms with E-state index in [1.807, 2.05) is 4.98 Å². The highest BCUT2D eigenvalue weighted by atomic mass is 19.3. The van der Waals surface area contributed by atoms with Gasteiger partial charge in [0.15, 0.2) is 0 Å². The number of nitrogens with zero attached hydrogens (tertiary/aromatic N) is 1. The summed E-state index contributed by atoms with van der Waals surface area (Å²) in [4.78, 5) is 22.3. The summed E-state index contributed by atoms with van der Waals surface area (Å²) in [5.74, 6) is 0. The molecular formula is C7H6F2N2O3. The predicted octanol–water partition coefficient (Wildman–Crippen LogP) is 1.53. The molecule has 1 aromatic rings. The lowest BCUT2D eigenvalue weighted by Crippen LogP contribution is -2.14. The van der Waals surface area contributed by atoms with Gasteiger partial charge in [-0.15, -0.1) is 0 Å². The van der Waals surface area contributed by atoms with Crippen LogP contribution in [0.2, 0.25) is 0 Å². The van der Waals surface area contributed by atoms with Crippen molar-refractivity contribution in [2.24, 2.45) is 0 Å². The molecule has 1 aromatic heterocycles. The second-order valence-electron chi connectivity index (χ2n) is 2.60. The van der Waals surface area contributed by atoms with Crippen molar-refractivity contribution in [1.82, 2.24) is 4.98 Å². The summed E-state index contributed by atoms with van der Waals surface area (Å²) in [5, 5.41) is 10.3. The molecule has 1 rings (SSSR count). The number of pyridine rings is 1. The molecule has 0 saturated heterocycles. The molecule has 76 valence electrons. The number of alkyl halides is 2. The van der Waals surface area contributed by atoms with Gasteiger partial charge in [0.25, 0.3) is 17.7 Å². The van der Waals surface area contributed by atoms with Gasteiger partial charge in [-0.05, 0) is 6.92 Å². The van der Waals surface area contributed by atoms with Gasteiger partial charge in [-0.3, -0.25) is 14.9 Å². The molecule has 0 saturated carbocycles. The molecule has 0 aliphatic heterocycles. The fourth-order valence-corrected chi connectivity index (χ4v) is 1.06. The van der Waals surface area contributed by atoms with Crippen LogP contribution in [0.4, 0.5) is 14.5 Å². The highest BCUT2D eigenvalue weighted by Gasteiger charge is 2.25. The van der Waals surface area contributed by atoms with E-state index in [-0.39, 0.29) is 5.56 Å². The molecule has 0 aliphatic carbocycles. The van der Waals surface area contributed by atoms with Crippen molar-refractivity contribution in [1.29, 1.82) is 0 Å². The number of nitrogens with one attached hydrogen (secondary N) is 1. The summed E-state index contributed by atoms with van der Waals surface area (Å²) >= 11 is 0. The Morgan fingerprint density at radius 3 is 2.57 bits per heavy atom. The third kappa shape index (κ3) is 1.61. The van der Waals surface area contributed by atoms with E-state index < -0.39 is 28.2 Å². The van der Waals surface area contributed by atoms with Crippen LogP contribution in [-0.2, 0) is 0 Å². The zero-order chi connectivity index (χ0) is 10.9. The van der Waals surface area contributed by atoms with E-state index in [2.05, 4.69) is 0 Å². The fraction of sp³-hybridized carbons (Fsp3) is 0.286. The van der Waals surface area contributed by atoms with Crippen molar-refractivity contribution in [3.63, 3.8) is 0 Å². The van der Waals surface area contributed by atoms with Gasteiger partial charge >= 0.3 is 0 Å². The molecule has 5 nitrogen and oxygen atoms in total. The minimum Gasteiger partial charge on any atom is -0.323 e. The van der Waals surface area contributed by atoms with Crippen LogP contribution in [0, 0.1) is 17.0 Å². The van der Waals surface area contributed by atoms with Gasteiger partial charge in [-0.1, -0.05) is 0 Å². The summed E-state index contributed by atoms with van der Waals surface area (Å²) in [5.41, 5.74) is -2.66. The lowest BCUT2D eigenvalue weighted by Gasteiger charge is -2.03. The highest BCUT2D eigenvalue weighted by Crippen LogP contribution is 2.28. The van der Waals surface area contributed by atoms with Crippen LogP contribution in [0.1, 0.15) is 17.6 Å². The third-order valence-corrected chi connectivity index (χ3v) is 1.78. The topological polar surface area (TPSA) is 76.0 Å². The van der Waals surface area contributed by atoms with Crippen LogP contribution in [0.3, 0.4) is 0 Å². The Morgan fingerprint density at radius 2 is 2.14 bits per heavy atom. The molecule has 0 radical (unpaired) electrons. The summed E-state index contributed by atoms with van der Waals surface area (Å²) in [7, 11) is 0. The Morgan fingerprint density at radius 1 is 1.57 bits per heavy atom. The maximum Gasteiger partial charge on any atom is 0.294 e. The summed E-state index contributed by atoms with van der Waals surface area (Å²) in [6.45, 7) is 1.12. The zero-order valence-corrected chi connectivity index (χ0v) is 7.08. The van der Waals surface area contributed by atoms with Gasteiger partial charge in [-0.25, -0.2) is 8.78 Å². The van der Waals surface area contributed by atoms with Crippen molar-refractivity contribution in [2.75, 3.05) is 0 Å². The highest BCUT2D eigenvalue weighted by molar-refractivity contribution is 5.42. The van der Waals surface area contributed by atoms with Crippen LogP contribution in [0.25, 0.3) is 0 Å². The molecule has 1 N–H and O–H groups in total. The molecule has 0 unspecified atom stereocenters. The minimum absolute atomic E-state index is 0.325. The normalized spacial score (nSPS) is 10.6. The van der Waals surface area contributed by atoms with Gasteiger partial charge in [0.1, 0.15) is 5.56 Å². The van der Waals surface area contributed by atoms with Crippen molar-refractivity contribution < 1.29 is 13.7 Å². The Bertz CT molecular complexity index is 427. The first-order valence-electron chi connectivity index (χ1n) is 3.60. The number of halogens is 2. The first kappa shape index (κ1) is 10.3. The van der Waals surface area contributed by atoms with E-state index in [4.69, 9.17) is 0 Å². The molecule has 0 fully saturated rings. The minimum atomic E-state index is -3.03. The van der Waals surface area contributed by atoms with Crippen molar-refractivity contribution in [3.05, 3.63) is 37.8 Å². The molecule has 0 amide bonds. The lowest BCUT2D eigenvalue weighted by atomic mass is 10.1. The molecule has 0 spiro atoms. The smallest absolute Gasteiger partial charge is 0.294 e. The standard InChI is InChI=1S/C7H6F2N2O3/c1-3-5(6(8)9)4(11(13)14)2-10-7(3)12/h2,6H,1H3,(H,10,12). The molecule has 0 aromatic carbocycles. The number of aromatic amines is 1. The maximum atomic E-state index is 12.4. The van der Waals surface area contributed by atoms with Crippen LogP contribution >= 0.6 is 0 Å². The van der Waals surface area contributed by atoms with Gasteiger partial charge < -0.3 is 4.98 Å². The van der Waals surface area contributed by atoms with E-state index in [1.165, 1.54) is 0 Å². The molecule has 7 heteroatoms. The Balaban J connectivity index is 3.53. The van der Waals surface area contributed by atoms with Gasteiger partial charge in [0.05, 0.1) is 11.1 Å².